The van der Waals surface area contributed by atoms with E-state index in [9.17, 15) is 0 Å². The molecule has 0 unspecified atom stereocenters. The summed E-state index contributed by atoms with van der Waals surface area (Å²) in [5, 5.41) is 9.89. The SMILES string of the molecule is Cl.Cl.c1n[nH]cc1[C@H]1CNCCO1. The van der Waals surface area contributed by atoms with Crippen LogP contribution in [0.25, 0.3) is 0 Å². The van der Waals surface area contributed by atoms with E-state index in [4.69, 9.17) is 4.74 Å². The summed E-state index contributed by atoms with van der Waals surface area (Å²) in [6, 6.07) is 0. The Bertz CT molecular complexity index is 212. The molecule has 1 aromatic rings. The van der Waals surface area contributed by atoms with Gasteiger partial charge in [-0.1, -0.05) is 0 Å². The standard InChI is InChI=1S/C7H11N3O.2ClH/c1-2-11-7(5-8-1)6-3-9-10-4-6;;/h3-4,7-8H,1-2,5H2,(H,9,10);2*1H/t7-;;/m1../s1. The molecule has 1 aliphatic heterocycles. The van der Waals surface area contributed by atoms with Crippen molar-refractivity contribution in [3.8, 4) is 0 Å². The Kier molecular flexibility index (Phi) is 6.07. The number of ether oxygens (including phenoxy) is 1. The number of hydrogen-bond acceptors (Lipinski definition) is 3. The van der Waals surface area contributed by atoms with E-state index in [1.165, 1.54) is 0 Å². The van der Waals surface area contributed by atoms with Crippen LogP contribution in [0.15, 0.2) is 12.4 Å². The van der Waals surface area contributed by atoms with E-state index in [-0.39, 0.29) is 30.9 Å². The fourth-order valence-corrected chi connectivity index (χ4v) is 1.22. The summed E-state index contributed by atoms with van der Waals surface area (Å²) in [5.74, 6) is 0. The lowest BCUT2D eigenvalue weighted by Crippen LogP contribution is -2.33. The van der Waals surface area contributed by atoms with Gasteiger partial charge in [0.1, 0.15) is 0 Å². The Hall–Kier alpha value is -0.290. The highest BCUT2D eigenvalue weighted by Gasteiger charge is 2.15. The molecule has 0 bridgehead atoms. The molecule has 0 aromatic carbocycles. The summed E-state index contributed by atoms with van der Waals surface area (Å²) in [5.41, 5.74) is 1.12. The van der Waals surface area contributed by atoms with Gasteiger partial charge in [-0.3, -0.25) is 5.10 Å². The van der Waals surface area contributed by atoms with Crippen LogP contribution in [-0.4, -0.2) is 29.9 Å². The van der Waals surface area contributed by atoms with Crippen molar-refractivity contribution >= 4 is 24.8 Å². The van der Waals surface area contributed by atoms with Crippen molar-refractivity contribution in [1.29, 1.82) is 0 Å². The Balaban J connectivity index is 0.000000720. The molecule has 1 aliphatic rings. The van der Waals surface area contributed by atoms with Gasteiger partial charge in [0.15, 0.2) is 0 Å². The predicted molar refractivity (Wildman–Crippen MR) is 54.6 cm³/mol. The minimum atomic E-state index is 0. The molecule has 13 heavy (non-hydrogen) atoms. The van der Waals surface area contributed by atoms with Crippen LogP contribution in [-0.2, 0) is 4.74 Å². The summed E-state index contributed by atoms with van der Waals surface area (Å²) in [6.07, 6.45) is 3.86. The van der Waals surface area contributed by atoms with E-state index in [1.807, 2.05) is 6.20 Å². The first kappa shape index (κ1) is 12.7. The average molecular weight is 226 g/mol. The molecule has 2 rings (SSSR count). The van der Waals surface area contributed by atoms with Crippen LogP contribution in [0.3, 0.4) is 0 Å². The van der Waals surface area contributed by atoms with E-state index < -0.39 is 0 Å². The molecule has 2 heterocycles. The molecule has 1 atom stereocenters. The molecule has 0 aliphatic carbocycles. The van der Waals surface area contributed by atoms with Gasteiger partial charge >= 0.3 is 0 Å². The van der Waals surface area contributed by atoms with Gasteiger partial charge in [0, 0.05) is 24.8 Å². The largest absolute Gasteiger partial charge is 0.371 e. The molecular formula is C7H13Cl2N3O. The molecule has 4 nitrogen and oxygen atoms in total. The Morgan fingerprint density at radius 1 is 1.46 bits per heavy atom. The van der Waals surface area contributed by atoms with Gasteiger partial charge in [-0.05, 0) is 0 Å². The van der Waals surface area contributed by atoms with E-state index in [2.05, 4.69) is 15.5 Å². The van der Waals surface area contributed by atoms with Gasteiger partial charge in [0.2, 0.25) is 0 Å². The molecule has 6 heteroatoms. The number of halogens is 2. The topological polar surface area (TPSA) is 49.9 Å². The van der Waals surface area contributed by atoms with Crippen molar-refractivity contribution in [2.45, 2.75) is 6.10 Å². The maximum absolute atomic E-state index is 5.50. The zero-order valence-electron chi connectivity index (χ0n) is 7.03. The third-order valence-corrected chi connectivity index (χ3v) is 1.82. The smallest absolute Gasteiger partial charge is 0.0980 e. The van der Waals surface area contributed by atoms with Gasteiger partial charge in [-0.15, -0.1) is 24.8 Å². The first-order chi connectivity index (χ1) is 5.47. The fourth-order valence-electron chi connectivity index (χ4n) is 1.22. The van der Waals surface area contributed by atoms with Crippen LogP contribution >= 0.6 is 24.8 Å². The second-order valence-corrected chi connectivity index (χ2v) is 2.60. The highest BCUT2D eigenvalue weighted by atomic mass is 35.5. The summed E-state index contributed by atoms with van der Waals surface area (Å²) in [6.45, 7) is 2.63. The van der Waals surface area contributed by atoms with Gasteiger partial charge < -0.3 is 10.1 Å². The molecule has 0 saturated carbocycles. The number of morpholine rings is 1. The number of nitrogens with zero attached hydrogens (tertiary/aromatic N) is 1. The lowest BCUT2D eigenvalue weighted by atomic mass is 10.2. The third kappa shape index (κ3) is 3.15. The quantitative estimate of drug-likeness (QED) is 0.748. The van der Waals surface area contributed by atoms with Crippen LogP contribution < -0.4 is 5.32 Å². The van der Waals surface area contributed by atoms with Crippen LogP contribution in [0.5, 0.6) is 0 Å². The van der Waals surface area contributed by atoms with Crippen LogP contribution in [0, 0.1) is 0 Å². The van der Waals surface area contributed by atoms with Crippen molar-refractivity contribution < 1.29 is 4.74 Å². The average Bonchev–Trinajstić information content (AvgIpc) is 2.58. The zero-order chi connectivity index (χ0) is 7.52. The second kappa shape index (κ2) is 6.21. The maximum Gasteiger partial charge on any atom is 0.0980 e. The molecule has 76 valence electrons. The summed E-state index contributed by atoms with van der Waals surface area (Å²) < 4.78 is 5.50. The summed E-state index contributed by atoms with van der Waals surface area (Å²) >= 11 is 0. The minimum Gasteiger partial charge on any atom is -0.371 e. The minimum absolute atomic E-state index is 0. The van der Waals surface area contributed by atoms with Gasteiger partial charge in [0.05, 0.1) is 18.9 Å². The number of H-pyrrole nitrogens is 1. The number of aromatic amines is 1. The molecule has 1 fully saturated rings. The summed E-state index contributed by atoms with van der Waals surface area (Å²) in [7, 11) is 0. The molecule has 0 spiro atoms. The van der Waals surface area contributed by atoms with Crippen molar-refractivity contribution in [3.63, 3.8) is 0 Å². The molecule has 0 amide bonds. The van der Waals surface area contributed by atoms with Gasteiger partial charge in [-0.25, -0.2) is 0 Å². The highest BCUT2D eigenvalue weighted by molar-refractivity contribution is 5.85. The van der Waals surface area contributed by atoms with Gasteiger partial charge in [0.25, 0.3) is 0 Å². The van der Waals surface area contributed by atoms with E-state index >= 15 is 0 Å². The molecule has 1 aromatic heterocycles. The lowest BCUT2D eigenvalue weighted by molar-refractivity contribution is 0.0277. The summed E-state index contributed by atoms with van der Waals surface area (Å²) in [4.78, 5) is 0. The molecule has 1 saturated heterocycles. The van der Waals surface area contributed by atoms with Gasteiger partial charge in [-0.2, -0.15) is 5.10 Å². The predicted octanol–water partition coefficient (Wildman–Crippen LogP) is 0.914. The monoisotopic (exact) mass is 225 g/mol. The normalized spacial score (nSPS) is 21.4. The Labute approximate surface area is 89.3 Å². The first-order valence-corrected chi connectivity index (χ1v) is 3.78. The molecule has 2 N–H and O–H groups in total. The molecular weight excluding hydrogens is 213 g/mol. The Morgan fingerprint density at radius 2 is 2.31 bits per heavy atom. The Morgan fingerprint density at radius 3 is 2.85 bits per heavy atom. The van der Waals surface area contributed by atoms with E-state index in [0.717, 1.165) is 25.3 Å². The van der Waals surface area contributed by atoms with E-state index in [0.29, 0.717) is 0 Å². The van der Waals surface area contributed by atoms with Crippen molar-refractivity contribution in [2.24, 2.45) is 0 Å². The number of rotatable bonds is 1. The second-order valence-electron chi connectivity index (χ2n) is 2.60. The molecule has 0 radical (unpaired) electrons. The van der Waals surface area contributed by atoms with Crippen LogP contribution in [0.2, 0.25) is 0 Å². The first-order valence-electron chi connectivity index (χ1n) is 3.78. The number of hydrogen-bond donors (Lipinski definition) is 2. The van der Waals surface area contributed by atoms with Crippen molar-refractivity contribution in [3.05, 3.63) is 18.0 Å². The highest BCUT2D eigenvalue weighted by Crippen LogP contribution is 2.15. The number of aromatic nitrogens is 2. The van der Waals surface area contributed by atoms with E-state index in [1.54, 1.807) is 6.20 Å². The third-order valence-electron chi connectivity index (χ3n) is 1.82. The zero-order valence-corrected chi connectivity index (χ0v) is 8.66. The lowest BCUT2D eigenvalue weighted by Gasteiger charge is -2.22. The number of nitrogens with one attached hydrogen (secondary N) is 2. The fraction of sp³-hybridized carbons (Fsp3) is 0.571. The van der Waals surface area contributed by atoms with Crippen LogP contribution in [0.4, 0.5) is 0 Å². The maximum atomic E-state index is 5.50. The van der Waals surface area contributed by atoms with Crippen molar-refractivity contribution in [1.82, 2.24) is 15.5 Å². The van der Waals surface area contributed by atoms with Crippen molar-refractivity contribution in [2.75, 3.05) is 19.7 Å². The van der Waals surface area contributed by atoms with Crippen LogP contribution in [0.1, 0.15) is 11.7 Å².